The molecule has 0 aliphatic rings. The molecule has 4 heteroatoms. The van der Waals surface area contributed by atoms with Crippen LogP contribution in [0.5, 0.6) is 0 Å². The molecule has 0 radical (unpaired) electrons. The first-order valence-electron chi connectivity index (χ1n) is 23.1. The SMILES string of the molecule is c1ccc(-c2ccc(-c3cc(-c4ccccc4)nc(-c4cccc(-c5ccc6c7ccccc7n(-c7ccc(-c8cccc9c8c8ccccc8n9-c8ccccc8)cc7)c6c5)c4)n3)cc2)cc1. The molecule has 0 amide bonds. The number of nitrogens with zero attached hydrogens (tertiary/aromatic N) is 4. The van der Waals surface area contributed by atoms with E-state index in [9.17, 15) is 0 Å². The number of benzene rings is 10. The maximum atomic E-state index is 5.23. The van der Waals surface area contributed by atoms with Crippen molar-refractivity contribution in [2.24, 2.45) is 0 Å². The molecule has 0 saturated carbocycles. The van der Waals surface area contributed by atoms with Crippen molar-refractivity contribution in [1.29, 1.82) is 0 Å². The van der Waals surface area contributed by atoms with Crippen molar-refractivity contribution in [2.75, 3.05) is 0 Å². The summed E-state index contributed by atoms with van der Waals surface area (Å²) in [6, 6.07) is 91.0. The van der Waals surface area contributed by atoms with Gasteiger partial charge in [-0.2, -0.15) is 0 Å². The van der Waals surface area contributed by atoms with Crippen molar-refractivity contribution < 1.29 is 0 Å². The Kier molecular flexibility index (Phi) is 9.47. The molecule has 0 aliphatic heterocycles. The van der Waals surface area contributed by atoms with Gasteiger partial charge in [0.05, 0.1) is 33.5 Å². The minimum absolute atomic E-state index is 0.686. The molecule has 0 spiro atoms. The zero-order valence-corrected chi connectivity index (χ0v) is 37.0. The van der Waals surface area contributed by atoms with E-state index in [2.05, 4.69) is 252 Å². The summed E-state index contributed by atoms with van der Waals surface area (Å²) in [5.41, 5.74) is 18.8. The summed E-state index contributed by atoms with van der Waals surface area (Å²) in [5.74, 6) is 0.686. The molecular weight excluding hydrogens is 825 g/mol. The predicted molar refractivity (Wildman–Crippen MR) is 283 cm³/mol. The second kappa shape index (κ2) is 16.4. The second-order valence-electron chi connectivity index (χ2n) is 17.4. The summed E-state index contributed by atoms with van der Waals surface area (Å²) < 4.78 is 4.79. The van der Waals surface area contributed by atoms with Crippen LogP contribution >= 0.6 is 0 Å². The molecule has 0 unspecified atom stereocenters. The first-order chi connectivity index (χ1) is 33.7. The van der Waals surface area contributed by atoms with Crippen LogP contribution in [-0.4, -0.2) is 19.1 Å². The van der Waals surface area contributed by atoms with E-state index < -0.39 is 0 Å². The zero-order valence-electron chi connectivity index (χ0n) is 37.0. The number of rotatable bonds is 8. The highest BCUT2D eigenvalue weighted by molar-refractivity contribution is 6.16. The third-order valence-electron chi connectivity index (χ3n) is 13.4. The third-order valence-corrected chi connectivity index (χ3v) is 13.4. The van der Waals surface area contributed by atoms with Crippen molar-refractivity contribution in [2.45, 2.75) is 0 Å². The van der Waals surface area contributed by atoms with E-state index in [0.717, 1.165) is 56.1 Å². The minimum Gasteiger partial charge on any atom is -0.309 e. The summed E-state index contributed by atoms with van der Waals surface area (Å²) in [7, 11) is 0. The molecule has 0 atom stereocenters. The maximum Gasteiger partial charge on any atom is 0.160 e. The topological polar surface area (TPSA) is 35.6 Å². The van der Waals surface area contributed by atoms with Crippen LogP contribution in [0.25, 0.3) is 122 Å². The number of hydrogen-bond donors (Lipinski definition) is 0. The Morgan fingerprint density at radius 3 is 1.44 bits per heavy atom. The molecular formula is C64H42N4. The Hall–Kier alpha value is -9.12. The molecule has 68 heavy (non-hydrogen) atoms. The Balaban J connectivity index is 0.895. The Labute approximate surface area is 394 Å². The fraction of sp³-hybridized carbons (Fsp3) is 0. The van der Waals surface area contributed by atoms with Gasteiger partial charge < -0.3 is 9.13 Å². The van der Waals surface area contributed by atoms with E-state index in [0.29, 0.717) is 5.82 Å². The summed E-state index contributed by atoms with van der Waals surface area (Å²) in [6.07, 6.45) is 0. The highest BCUT2D eigenvalue weighted by atomic mass is 15.0. The molecule has 10 aromatic carbocycles. The van der Waals surface area contributed by atoms with E-state index in [1.54, 1.807) is 0 Å². The number of aromatic nitrogens is 4. The van der Waals surface area contributed by atoms with E-state index in [-0.39, 0.29) is 0 Å². The van der Waals surface area contributed by atoms with Crippen LogP contribution in [0.1, 0.15) is 0 Å². The van der Waals surface area contributed by atoms with E-state index >= 15 is 0 Å². The maximum absolute atomic E-state index is 5.23. The molecule has 0 fully saturated rings. The fourth-order valence-electron chi connectivity index (χ4n) is 10.1. The highest BCUT2D eigenvalue weighted by Gasteiger charge is 2.18. The first-order valence-corrected chi connectivity index (χ1v) is 23.1. The van der Waals surface area contributed by atoms with Crippen molar-refractivity contribution in [1.82, 2.24) is 19.1 Å². The normalized spacial score (nSPS) is 11.5. The van der Waals surface area contributed by atoms with E-state index in [1.165, 1.54) is 60.3 Å². The van der Waals surface area contributed by atoms with Crippen molar-refractivity contribution in [3.05, 3.63) is 255 Å². The fourth-order valence-corrected chi connectivity index (χ4v) is 10.1. The average Bonchev–Trinajstić information content (AvgIpc) is 3.94. The average molecular weight is 867 g/mol. The highest BCUT2D eigenvalue weighted by Crippen LogP contribution is 2.40. The van der Waals surface area contributed by atoms with Gasteiger partial charge in [-0.15, -0.1) is 0 Å². The predicted octanol–water partition coefficient (Wildman–Crippen LogP) is 16.7. The van der Waals surface area contributed by atoms with Crippen LogP contribution in [-0.2, 0) is 0 Å². The van der Waals surface area contributed by atoms with Gasteiger partial charge in [-0.05, 0) is 94.0 Å². The van der Waals surface area contributed by atoms with Gasteiger partial charge in [-0.3, -0.25) is 0 Å². The molecule has 0 N–H and O–H groups in total. The van der Waals surface area contributed by atoms with E-state index in [1.807, 2.05) is 12.1 Å². The standard InChI is InChI=1S/C64H42N4/c1-4-16-43(17-5-1)44-30-32-47(33-31-44)58-42-57(46-18-6-2-7-19-46)65-64(66-58)50-21-14-20-48(40-50)49-36-39-55-54-24-10-12-27-59(54)68(62(55)41-49)52-37-34-45(35-38-52)53-26-15-29-61-63(53)56-25-11-13-28-60(56)67(61)51-22-8-3-9-23-51/h1-42H. The lowest BCUT2D eigenvalue weighted by Gasteiger charge is -2.12. The molecule has 4 nitrogen and oxygen atoms in total. The van der Waals surface area contributed by atoms with Crippen molar-refractivity contribution in [3.63, 3.8) is 0 Å². The van der Waals surface area contributed by atoms with Gasteiger partial charge in [0.25, 0.3) is 0 Å². The Morgan fingerprint density at radius 1 is 0.250 bits per heavy atom. The molecule has 13 rings (SSSR count). The quantitative estimate of drug-likeness (QED) is 0.153. The van der Waals surface area contributed by atoms with Gasteiger partial charge in [0.15, 0.2) is 5.82 Å². The largest absolute Gasteiger partial charge is 0.309 e. The lowest BCUT2D eigenvalue weighted by molar-refractivity contribution is 1.18. The molecule has 3 heterocycles. The van der Waals surface area contributed by atoms with E-state index in [4.69, 9.17) is 9.97 Å². The Morgan fingerprint density at radius 2 is 0.706 bits per heavy atom. The summed E-state index contributed by atoms with van der Waals surface area (Å²) in [5, 5.41) is 4.94. The Bertz CT molecular complexity index is 3980. The summed E-state index contributed by atoms with van der Waals surface area (Å²) >= 11 is 0. The van der Waals surface area contributed by atoms with Gasteiger partial charge in [-0.25, -0.2) is 9.97 Å². The van der Waals surface area contributed by atoms with Crippen molar-refractivity contribution in [3.8, 4) is 78.7 Å². The van der Waals surface area contributed by atoms with Crippen LogP contribution in [0, 0.1) is 0 Å². The van der Waals surface area contributed by atoms with Crippen LogP contribution < -0.4 is 0 Å². The molecule has 318 valence electrons. The molecule has 0 aliphatic carbocycles. The number of hydrogen-bond acceptors (Lipinski definition) is 2. The molecule has 3 aromatic heterocycles. The smallest absolute Gasteiger partial charge is 0.160 e. The van der Waals surface area contributed by atoms with Crippen LogP contribution in [0.15, 0.2) is 255 Å². The van der Waals surface area contributed by atoms with Crippen LogP contribution in [0.2, 0.25) is 0 Å². The van der Waals surface area contributed by atoms with Crippen LogP contribution in [0.4, 0.5) is 0 Å². The third kappa shape index (κ3) is 6.78. The lowest BCUT2D eigenvalue weighted by Crippen LogP contribution is -1.96. The second-order valence-corrected chi connectivity index (χ2v) is 17.4. The van der Waals surface area contributed by atoms with Gasteiger partial charge in [0, 0.05) is 49.6 Å². The number of para-hydroxylation sites is 3. The number of fused-ring (bicyclic) bond motifs is 6. The van der Waals surface area contributed by atoms with Gasteiger partial charge in [0.1, 0.15) is 0 Å². The lowest BCUT2D eigenvalue weighted by atomic mass is 9.99. The summed E-state index contributed by atoms with van der Waals surface area (Å²) in [6.45, 7) is 0. The minimum atomic E-state index is 0.686. The first kappa shape index (κ1) is 39.3. The van der Waals surface area contributed by atoms with Crippen LogP contribution in [0.3, 0.4) is 0 Å². The van der Waals surface area contributed by atoms with Gasteiger partial charge in [-0.1, -0.05) is 194 Å². The molecule has 0 bridgehead atoms. The monoisotopic (exact) mass is 866 g/mol. The van der Waals surface area contributed by atoms with Gasteiger partial charge in [0.2, 0.25) is 0 Å². The zero-order chi connectivity index (χ0) is 45.0. The molecule has 13 aromatic rings. The van der Waals surface area contributed by atoms with Crippen molar-refractivity contribution >= 4 is 43.6 Å². The van der Waals surface area contributed by atoms with Gasteiger partial charge >= 0.3 is 0 Å². The molecule has 0 saturated heterocycles. The summed E-state index contributed by atoms with van der Waals surface area (Å²) in [4.78, 5) is 10.4.